The number of carbonyl (C=O) groups excluding carboxylic acids is 1. The van der Waals surface area contributed by atoms with Gasteiger partial charge in [0.15, 0.2) is 0 Å². The summed E-state index contributed by atoms with van der Waals surface area (Å²) in [6.45, 7) is 1.12. The van der Waals surface area contributed by atoms with E-state index in [2.05, 4.69) is 4.36 Å². The Kier molecular flexibility index (Phi) is 6.69. The summed E-state index contributed by atoms with van der Waals surface area (Å²) in [6.07, 6.45) is 0.724. The molecule has 0 radical (unpaired) electrons. The lowest BCUT2D eigenvalue weighted by atomic mass is 10.5. The molecule has 6 heteroatoms. The Labute approximate surface area is 84.3 Å². The Morgan fingerprint density at radius 2 is 1.64 bits per heavy atom. The number of amides is 1. The van der Waals surface area contributed by atoms with Crippen molar-refractivity contribution in [3.05, 3.63) is 0 Å². The van der Waals surface area contributed by atoms with Gasteiger partial charge in [0.2, 0.25) is 0 Å². The van der Waals surface area contributed by atoms with Gasteiger partial charge in [-0.05, 0) is 12.8 Å². The van der Waals surface area contributed by atoms with Gasteiger partial charge >= 0.3 is 0 Å². The topological polar surface area (TPSA) is 87.0 Å². The summed E-state index contributed by atoms with van der Waals surface area (Å²) in [6, 6.07) is 0. The van der Waals surface area contributed by atoms with Crippen LogP contribution in [0, 0.1) is 0 Å². The number of carbonyl (C=O) groups is 1. The van der Waals surface area contributed by atoms with E-state index in [0.29, 0.717) is 12.8 Å². The van der Waals surface area contributed by atoms with Crippen LogP contribution in [0.25, 0.3) is 0 Å². The molecular formula is C8H17NO4S. The average molecular weight is 223 g/mol. The smallest absolute Gasteiger partial charge is 0.250 e. The molecule has 0 atom stereocenters. The summed E-state index contributed by atoms with van der Waals surface area (Å²) in [7, 11) is -2.56. The number of aliphatic hydroxyl groups is 2. The summed E-state index contributed by atoms with van der Waals surface area (Å²) < 4.78 is 15.5. The molecule has 0 aromatic rings. The lowest BCUT2D eigenvalue weighted by Crippen LogP contribution is -2.14. The third-order valence-corrected chi connectivity index (χ3v) is 3.98. The second kappa shape index (κ2) is 6.92. The van der Waals surface area contributed by atoms with Crippen molar-refractivity contribution < 1.29 is 19.2 Å². The van der Waals surface area contributed by atoms with Gasteiger partial charge in [-0.2, -0.15) is 4.36 Å². The molecule has 0 aliphatic heterocycles. The average Bonchev–Trinajstić information content (AvgIpc) is 2.11. The summed E-state index contributed by atoms with van der Waals surface area (Å²) in [5.41, 5.74) is 0. The van der Waals surface area contributed by atoms with Crippen molar-refractivity contribution in [3.63, 3.8) is 0 Å². The molecule has 0 fully saturated rings. The van der Waals surface area contributed by atoms with Crippen molar-refractivity contribution in [3.8, 4) is 0 Å². The summed E-state index contributed by atoms with van der Waals surface area (Å²) >= 11 is 0. The highest BCUT2D eigenvalue weighted by atomic mass is 32.2. The van der Waals surface area contributed by atoms with E-state index < -0.39 is 15.6 Å². The molecule has 0 saturated carbocycles. The Morgan fingerprint density at radius 1 is 1.21 bits per heavy atom. The van der Waals surface area contributed by atoms with Gasteiger partial charge in [-0.1, -0.05) is 0 Å². The molecular weight excluding hydrogens is 206 g/mol. The van der Waals surface area contributed by atoms with Crippen LogP contribution in [0.2, 0.25) is 0 Å². The second-order valence-electron chi connectivity index (χ2n) is 2.95. The van der Waals surface area contributed by atoms with E-state index in [0.717, 1.165) is 0 Å². The normalized spacial score (nSPS) is 11.4. The van der Waals surface area contributed by atoms with Crippen LogP contribution in [0.3, 0.4) is 0 Å². The number of hydrogen-bond donors (Lipinski definition) is 2. The van der Waals surface area contributed by atoms with E-state index in [9.17, 15) is 9.00 Å². The molecule has 0 bridgehead atoms. The highest BCUT2D eigenvalue weighted by molar-refractivity contribution is 7.93. The standard InChI is InChI=1S/C8H17NO4S/c1-8(12)9-14(13,6-2-4-10)7-3-5-11/h10-11H,2-7H2,1H3. The van der Waals surface area contributed by atoms with Crippen LogP contribution in [0.5, 0.6) is 0 Å². The monoisotopic (exact) mass is 223 g/mol. The minimum atomic E-state index is -2.56. The maximum atomic E-state index is 11.9. The van der Waals surface area contributed by atoms with Crippen LogP contribution in [0.15, 0.2) is 4.36 Å². The maximum absolute atomic E-state index is 11.9. The molecule has 0 aromatic heterocycles. The lowest BCUT2D eigenvalue weighted by Gasteiger charge is -2.06. The molecule has 0 aromatic carbocycles. The fourth-order valence-electron chi connectivity index (χ4n) is 1.01. The predicted octanol–water partition coefficient (Wildman–Crippen LogP) is -0.234. The van der Waals surface area contributed by atoms with Gasteiger partial charge in [0.25, 0.3) is 5.91 Å². The number of aliphatic hydroxyl groups excluding tert-OH is 2. The largest absolute Gasteiger partial charge is 0.396 e. The Bertz CT molecular complexity index is 267. The number of rotatable bonds is 6. The zero-order valence-corrected chi connectivity index (χ0v) is 9.13. The minimum absolute atomic E-state index is 0.0659. The lowest BCUT2D eigenvalue weighted by molar-refractivity contribution is -0.115. The zero-order chi connectivity index (χ0) is 11.0. The molecule has 0 rings (SSSR count). The molecule has 0 unspecified atom stereocenters. The fourth-order valence-corrected chi connectivity index (χ4v) is 3.02. The molecule has 0 spiro atoms. The van der Waals surface area contributed by atoms with E-state index >= 15 is 0 Å². The quantitative estimate of drug-likeness (QED) is 0.651. The van der Waals surface area contributed by atoms with Crippen LogP contribution in [0.4, 0.5) is 0 Å². The van der Waals surface area contributed by atoms with Crippen molar-refractivity contribution >= 4 is 15.6 Å². The van der Waals surface area contributed by atoms with E-state index in [1.54, 1.807) is 0 Å². The van der Waals surface area contributed by atoms with Crippen LogP contribution in [0.1, 0.15) is 19.8 Å². The van der Waals surface area contributed by atoms with Crippen molar-refractivity contribution in [1.82, 2.24) is 0 Å². The minimum Gasteiger partial charge on any atom is -0.396 e. The Balaban J connectivity index is 4.50. The third-order valence-electron chi connectivity index (χ3n) is 1.54. The molecule has 14 heavy (non-hydrogen) atoms. The third kappa shape index (κ3) is 6.06. The van der Waals surface area contributed by atoms with Crippen LogP contribution in [-0.4, -0.2) is 45.0 Å². The van der Waals surface area contributed by atoms with E-state index in [1.165, 1.54) is 6.92 Å². The predicted molar refractivity (Wildman–Crippen MR) is 54.4 cm³/mol. The van der Waals surface area contributed by atoms with E-state index in [-0.39, 0.29) is 24.7 Å². The summed E-state index contributed by atoms with van der Waals surface area (Å²) in [4.78, 5) is 10.7. The van der Waals surface area contributed by atoms with Gasteiger partial charge in [-0.25, -0.2) is 4.21 Å². The van der Waals surface area contributed by atoms with Crippen LogP contribution in [-0.2, 0) is 14.5 Å². The second-order valence-corrected chi connectivity index (χ2v) is 5.49. The Hall–Kier alpha value is -0.460. The highest BCUT2D eigenvalue weighted by Crippen LogP contribution is 2.02. The number of hydrogen-bond acceptors (Lipinski definition) is 4. The molecule has 0 aliphatic rings. The van der Waals surface area contributed by atoms with Gasteiger partial charge < -0.3 is 10.2 Å². The van der Waals surface area contributed by atoms with Crippen LogP contribution < -0.4 is 0 Å². The van der Waals surface area contributed by atoms with Crippen molar-refractivity contribution in [2.24, 2.45) is 4.36 Å². The first-order valence-corrected chi connectivity index (χ1v) is 6.34. The molecule has 1 amide bonds. The summed E-state index contributed by atoms with van der Waals surface area (Å²) in [5, 5.41) is 17.2. The van der Waals surface area contributed by atoms with Crippen molar-refractivity contribution in [2.45, 2.75) is 19.8 Å². The van der Waals surface area contributed by atoms with Gasteiger partial charge in [-0.3, -0.25) is 4.79 Å². The first kappa shape index (κ1) is 13.5. The summed E-state index contributed by atoms with van der Waals surface area (Å²) in [5.74, 6) is -0.0440. The maximum Gasteiger partial charge on any atom is 0.250 e. The van der Waals surface area contributed by atoms with Crippen LogP contribution >= 0.6 is 0 Å². The first-order chi connectivity index (χ1) is 6.54. The van der Waals surface area contributed by atoms with Gasteiger partial charge in [-0.15, -0.1) is 0 Å². The molecule has 2 N–H and O–H groups in total. The van der Waals surface area contributed by atoms with Crippen molar-refractivity contribution in [2.75, 3.05) is 24.7 Å². The molecule has 5 nitrogen and oxygen atoms in total. The van der Waals surface area contributed by atoms with E-state index in [1.807, 2.05) is 0 Å². The Morgan fingerprint density at radius 3 is 1.93 bits per heavy atom. The molecule has 0 aliphatic carbocycles. The number of nitrogens with zero attached hydrogens (tertiary/aromatic N) is 1. The molecule has 0 saturated heterocycles. The molecule has 0 heterocycles. The molecule has 84 valence electrons. The van der Waals surface area contributed by atoms with Crippen molar-refractivity contribution in [1.29, 1.82) is 0 Å². The highest BCUT2D eigenvalue weighted by Gasteiger charge is 2.09. The zero-order valence-electron chi connectivity index (χ0n) is 8.31. The SMILES string of the molecule is CC(=O)N=S(=O)(CCCO)CCCO. The van der Waals surface area contributed by atoms with Gasteiger partial charge in [0.05, 0.1) is 9.73 Å². The first-order valence-electron chi connectivity index (χ1n) is 4.49. The van der Waals surface area contributed by atoms with Gasteiger partial charge in [0.1, 0.15) is 0 Å². The van der Waals surface area contributed by atoms with E-state index in [4.69, 9.17) is 10.2 Å². The van der Waals surface area contributed by atoms with Gasteiger partial charge in [0, 0.05) is 31.6 Å². The fraction of sp³-hybridized carbons (Fsp3) is 0.875.